The van der Waals surface area contributed by atoms with E-state index in [4.69, 9.17) is 5.73 Å². The Hall–Kier alpha value is -1.25. The molecule has 0 saturated carbocycles. The summed E-state index contributed by atoms with van der Waals surface area (Å²) >= 11 is 0. The zero-order valence-corrected chi connectivity index (χ0v) is 10.5. The Kier molecular flexibility index (Phi) is 2.78. The molecule has 0 unspecified atom stereocenters. The number of aromatic nitrogens is 1. The number of nitrogen functional groups attached to an aromatic ring is 1. The molecule has 0 atom stereocenters. The van der Waals surface area contributed by atoms with E-state index < -0.39 is 0 Å². The molecule has 0 spiro atoms. The summed E-state index contributed by atoms with van der Waals surface area (Å²) in [5.74, 6) is 0.968. The van der Waals surface area contributed by atoms with E-state index in [1.165, 1.54) is 12.8 Å². The Balaban J connectivity index is 2.17. The van der Waals surface area contributed by atoms with Crippen LogP contribution in [0.3, 0.4) is 0 Å². The zero-order valence-electron chi connectivity index (χ0n) is 10.5. The summed E-state index contributed by atoms with van der Waals surface area (Å²) in [4.78, 5) is 6.86. The summed E-state index contributed by atoms with van der Waals surface area (Å²) in [5, 5.41) is 0. The second-order valence-electron chi connectivity index (χ2n) is 5.52. The van der Waals surface area contributed by atoms with Gasteiger partial charge < -0.3 is 10.6 Å². The monoisotopic (exact) mass is 219 g/mol. The Morgan fingerprint density at radius 3 is 2.50 bits per heavy atom. The van der Waals surface area contributed by atoms with E-state index in [1.807, 2.05) is 19.1 Å². The van der Waals surface area contributed by atoms with Gasteiger partial charge in [-0.1, -0.05) is 13.8 Å². The van der Waals surface area contributed by atoms with Crippen molar-refractivity contribution in [1.82, 2.24) is 4.98 Å². The molecule has 1 fully saturated rings. The Morgan fingerprint density at radius 2 is 1.88 bits per heavy atom. The third-order valence-corrected chi connectivity index (χ3v) is 3.46. The van der Waals surface area contributed by atoms with E-state index in [0.29, 0.717) is 5.41 Å². The van der Waals surface area contributed by atoms with Crippen LogP contribution < -0.4 is 10.6 Å². The summed E-state index contributed by atoms with van der Waals surface area (Å²) in [7, 11) is 0. The SMILES string of the molecule is Cc1ccc(N)c(N2CCC(C)(C)CC2)n1. The number of piperidine rings is 1. The van der Waals surface area contributed by atoms with Crippen molar-refractivity contribution < 1.29 is 0 Å². The lowest BCUT2D eigenvalue weighted by atomic mass is 9.83. The smallest absolute Gasteiger partial charge is 0.152 e. The molecule has 3 nitrogen and oxygen atoms in total. The molecule has 0 aliphatic carbocycles. The predicted octanol–water partition coefficient (Wildman–Crippen LogP) is 2.60. The van der Waals surface area contributed by atoms with Gasteiger partial charge in [0.1, 0.15) is 0 Å². The maximum absolute atomic E-state index is 5.98. The highest BCUT2D eigenvalue weighted by molar-refractivity contribution is 5.63. The molecule has 88 valence electrons. The zero-order chi connectivity index (χ0) is 11.8. The van der Waals surface area contributed by atoms with Gasteiger partial charge >= 0.3 is 0 Å². The molecule has 1 aromatic heterocycles. The minimum absolute atomic E-state index is 0.467. The first kappa shape index (κ1) is 11.2. The van der Waals surface area contributed by atoms with Gasteiger partial charge in [-0.25, -0.2) is 4.98 Å². The number of anilines is 2. The summed E-state index contributed by atoms with van der Waals surface area (Å²) in [6.07, 6.45) is 2.42. The topological polar surface area (TPSA) is 42.1 Å². The fourth-order valence-corrected chi connectivity index (χ4v) is 2.13. The number of pyridine rings is 1. The van der Waals surface area contributed by atoms with Crippen molar-refractivity contribution in [2.75, 3.05) is 23.7 Å². The third kappa shape index (κ3) is 2.29. The highest BCUT2D eigenvalue weighted by atomic mass is 15.2. The molecular weight excluding hydrogens is 198 g/mol. The van der Waals surface area contributed by atoms with Crippen molar-refractivity contribution in [3.05, 3.63) is 17.8 Å². The molecule has 2 heterocycles. The van der Waals surface area contributed by atoms with E-state index in [2.05, 4.69) is 23.7 Å². The molecule has 0 amide bonds. The molecule has 1 saturated heterocycles. The van der Waals surface area contributed by atoms with Gasteiger partial charge in [-0.15, -0.1) is 0 Å². The maximum Gasteiger partial charge on any atom is 0.152 e. The molecule has 1 aromatic rings. The lowest BCUT2D eigenvalue weighted by Gasteiger charge is -2.38. The third-order valence-electron chi connectivity index (χ3n) is 3.46. The number of aryl methyl sites for hydroxylation is 1. The second kappa shape index (κ2) is 3.96. The van der Waals surface area contributed by atoms with Crippen LogP contribution in [0.15, 0.2) is 12.1 Å². The summed E-state index contributed by atoms with van der Waals surface area (Å²) in [5.41, 5.74) is 8.28. The molecule has 2 rings (SSSR count). The van der Waals surface area contributed by atoms with E-state index in [9.17, 15) is 0 Å². The maximum atomic E-state index is 5.98. The van der Waals surface area contributed by atoms with Gasteiger partial charge in [0.2, 0.25) is 0 Å². The van der Waals surface area contributed by atoms with Gasteiger partial charge in [0.25, 0.3) is 0 Å². The van der Waals surface area contributed by atoms with Gasteiger partial charge in [0.05, 0.1) is 5.69 Å². The van der Waals surface area contributed by atoms with E-state index in [0.717, 1.165) is 30.3 Å². The normalized spacial score (nSPS) is 19.8. The van der Waals surface area contributed by atoms with E-state index in [1.54, 1.807) is 0 Å². The number of rotatable bonds is 1. The summed E-state index contributed by atoms with van der Waals surface area (Å²) in [6, 6.07) is 3.92. The van der Waals surface area contributed by atoms with Crippen LogP contribution in [0, 0.1) is 12.3 Å². The lowest BCUT2D eigenvalue weighted by molar-refractivity contribution is 0.279. The lowest BCUT2D eigenvalue weighted by Crippen LogP contribution is -2.38. The first-order valence-corrected chi connectivity index (χ1v) is 5.96. The van der Waals surface area contributed by atoms with Crippen LogP contribution >= 0.6 is 0 Å². The second-order valence-corrected chi connectivity index (χ2v) is 5.52. The van der Waals surface area contributed by atoms with Crippen molar-refractivity contribution in [3.8, 4) is 0 Å². The highest BCUT2D eigenvalue weighted by Gasteiger charge is 2.26. The fourth-order valence-electron chi connectivity index (χ4n) is 2.13. The fraction of sp³-hybridized carbons (Fsp3) is 0.615. The number of nitrogens with two attached hydrogens (primary N) is 1. The largest absolute Gasteiger partial charge is 0.396 e. The molecule has 2 N–H and O–H groups in total. The predicted molar refractivity (Wildman–Crippen MR) is 68.6 cm³/mol. The molecule has 3 heteroatoms. The average molecular weight is 219 g/mol. The summed E-state index contributed by atoms with van der Waals surface area (Å²) < 4.78 is 0. The van der Waals surface area contributed by atoms with Crippen LogP contribution in [-0.4, -0.2) is 18.1 Å². The Morgan fingerprint density at radius 1 is 1.25 bits per heavy atom. The van der Waals surface area contributed by atoms with E-state index in [-0.39, 0.29) is 0 Å². The number of nitrogens with zero attached hydrogens (tertiary/aromatic N) is 2. The van der Waals surface area contributed by atoms with Crippen LogP contribution in [0.2, 0.25) is 0 Å². The van der Waals surface area contributed by atoms with Crippen molar-refractivity contribution in [2.24, 2.45) is 5.41 Å². The van der Waals surface area contributed by atoms with Crippen molar-refractivity contribution in [1.29, 1.82) is 0 Å². The molecule has 0 radical (unpaired) electrons. The van der Waals surface area contributed by atoms with Crippen LogP contribution in [0.4, 0.5) is 11.5 Å². The van der Waals surface area contributed by atoms with Crippen molar-refractivity contribution in [3.63, 3.8) is 0 Å². The summed E-state index contributed by atoms with van der Waals surface area (Å²) in [6.45, 7) is 8.80. The van der Waals surface area contributed by atoms with Gasteiger partial charge in [-0.3, -0.25) is 0 Å². The van der Waals surface area contributed by atoms with Crippen LogP contribution in [-0.2, 0) is 0 Å². The standard InChI is InChI=1S/C13H21N3/c1-10-4-5-11(14)12(15-10)16-8-6-13(2,3)7-9-16/h4-5H,6-9,14H2,1-3H3. The Bertz CT molecular complexity index is 375. The van der Waals surface area contributed by atoms with Crippen LogP contribution in [0.5, 0.6) is 0 Å². The van der Waals surface area contributed by atoms with Gasteiger partial charge in [-0.2, -0.15) is 0 Å². The van der Waals surface area contributed by atoms with Gasteiger partial charge in [-0.05, 0) is 37.3 Å². The molecule has 0 bridgehead atoms. The molecule has 1 aliphatic rings. The first-order chi connectivity index (χ1) is 7.48. The minimum atomic E-state index is 0.467. The molecular formula is C13H21N3. The number of hydrogen-bond donors (Lipinski definition) is 1. The van der Waals surface area contributed by atoms with Gasteiger partial charge in [0.15, 0.2) is 5.82 Å². The first-order valence-electron chi connectivity index (χ1n) is 5.96. The molecule has 0 aromatic carbocycles. The average Bonchev–Trinajstić information content (AvgIpc) is 2.22. The Labute approximate surface area is 97.7 Å². The van der Waals surface area contributed by atoms with Crippen molar-refractivity contribution >= 4 is 11.5 Å². The minimum Gasteiger partial charge on any atom is -0.396 e. The molecule has 1 aliphatic heterocycles. The highest BCUT2D eigenvalue weighted by Crippen LogP contribution is 2.33. The van der Waals surface area contributed by atoms with E-state index >= 15 is 0 Å². The van der Waals surface area contributed by atoms with Gasteiger partial charge in [0, 0.05) is 18.8 Å². The molecule has 16 heavy (non-hydrogen) atoms. The van der Waals surface area contributed by atoms with Crippen molar-refractivity contribution in [2.45, 2.75) is 33.6 Å². The van der Waals surface area contributed by atoms with Crippen LogP contribution in [0.1, 0.15) is 32.4 Å². The quantitative estimate of drug-likeness (QED) is 0.789. The number of hydrogen-bond acceptors (Lipinski definition) is 3. The van der Waals surface area contributed by atoms with Crippen LogP contribution in [0.25, 0.3) is 0 Å².